The van der Waals surface area contributed by atoms with Gasteiger partial charge in [-0.15, -0.1) is 0 Å². The molecule has 0 radical (unpaired) electrons. The molecule has 2 fully saturated rings. The van der Waals surface area contributed by atoms with Gasteiger partial charge in [-0.25, -0.2) is 36.6 Å². The van der Waals surface area contributed by atoms with Crippen molar-refractivity contribution in [2.75, 3.05) is 72.3 Å². The number of sulfone groups is 1. The minimum Gasteiger partial charge on any atom is -0.480 e. The highest BCUT2D eigenvalue weighted by molar-refractivity contribution is 7.90. The van der Waals surface area contributed by atoms with Crippen LogP contribution >= 0.6 is 69.6 Å². The number of carboxylic acids is 3. The first kappa shape index (κ1) is 98.8. The lowest BCUT2D eigenvalue weighted by molar-refractivity contribution is -0.140. The zero-order valence-corrected chi connectivity index (χ0v) is 73.6. The highest BCUT2D eigenvalue weighted by atomic mass is 35.5. The summed E-state index contributed by atoms with van der Waals surface area (Å²) in [5.74, 6) is -8.88. The molecule has 7 heterocycles. The van der Waals surface area contributed by atoms with E-state index in [1.165, 1.54) is 52.7 Å². The smallest absolute Gasteiger partial charge is 0.328 e. The SMILES string of the molecule is C=C/C=C\c1coc(C(=O)N2CCc3c(cc(Cl)c(C(=O)N[C@@H](CN)C(=O)O)c3Cl)C2)c1.CO[C@@H]1CN(C=NC#N)C[C@H]1O.CS(=O)(=O)c1cccc(C[C@H](NC(=O)c2c(Cl)cc3c(c2Cl)CCN(C(=O)/C=C/c2c(F)cccc2F)C3)C(=O)O)c1.N#CNC(=NC[C@H](NC(=O)c1c(Cl)cc2c(c1Cl)CCN(C(=O)c1ccc3ccoc3c1)C2)C(=O)O)N1C[C@@H](O)[C@H](O)C1. The second-order valence-corrected chi connectivity index (χ2v) is 33.9. The summed E-state index contributed by atoms with van der Waals surface area (Å²) in [6, 6.07) is 18.1. The van der Waals surface area contributed by atoms with Crippen LogP contribution in [0.15, 0.2) is 152 Å². The van der Waals surface area contributed by atoms with Crippen molar-refractivity contribution in [2.24, 2.45) is 15.7 Å². The van der Waals surface area contributed by atoms with Crippen molar-refractivity contribution in [2.45, 2.75) is 92.8 Å². The van der Waals surface area contributed by atoms with Gasteiger partial charge in [0, 0.05) is 120 Å². The summed E-state index contributed by atoms with van der Waals surface area (Å²) in [5, 5.41) is 85.2. The van der Waals surface area contributed by atoms with E-state index < -0.39 is 106 Å². The molecule has 8 aromatic rings. The summed E-state index contributed by atoms with van der Waals surface area (Å²) in [4.78, 5) is 128. The molecule has 2 aromatic heterocycles. The summed E-state index contributed by atoms with van der Waals surface area (Å²) in [7, 11) is -1.97. The number of nitrogens with zero attached hydrogens (tertiary/aromatic N) is 9. The third-order valence-electron chi connectivity index (χ3n) is 20.9. The van der Waals surface area contributed by atoms with Crippen molar-refractivity contribution < 1.29 is 105 Å². The van der Waals surface area contributed by atoms with E-state index in [9.17, 15) is 85.9 Å². The largest absolute Gasteiger partial charge is 0.480 e. The molecule has 12 N–H and O–H groups in total. The second-order valence-electron chi connectivity index (χ2n) is 29.5. The third kappa shape index (κ3) is 24.8. The van der Waals surface area contributed by atoms with E-state index in [1.54, 1.807) is 107 Å². The van der Waals surface area contributed by atoms with Crippen LogP contribution in [0.3, 0.4) is 0 Å². The number of nitrogens with one attached hydrogen (secondary N) is 4. The Labute approximate surface area is 765 Å². The molecule has 0 unspecified atom stereocenters. The zero-order chi connectivity index (χ0) is 94.0. The lowest BCUT2D eigenvalue weighted by atomic mass is 9.96. The molecule has 13 rings (SSSR count). The van der Waals surface area contributed by atoms with Gasteiger partial charge < -0.3 is 90.4 Å². The van der Waals surface area contributed by atoms with E-state index in [4.69, 9.17) is 105 Å². The minimum atomic E-state index is -3.52. The van der Waals surface area contributed by atoms with Gasteiger partial charge in [0.2, 0.25) is 18.1 Å². The van der Waals surface area contributed by atoms with Crippen LogP contribution in [0.2, 0.25) is 30.1 Å². The average molecular weight is 1910 g/mol. The van der Waals surface area contributed by atoms with Crippen molar-refractivity contribution >= 4 is 168 Å². The molecule has 0 bridgehead atoms. The van der Waals surface area contributed by atoms with E-state index in [0.717, 1.165) is 41.5 Å². The zero-order valence-electron chi connectivity index (χ0n) is 68.3. The molecule has 678 valence electrons. The fourth-order valence-corrected chi connectivity index (χ4v) is 17.2. The van der Waals surface area contributed by atoms with Gasteiger partial charge in [0.05, 0.1) is 89.1 Å². The number of nitrogens with two attached hydrogens (primary N) is 1. The normalized spacial score (nSPS) is 17.2. The number of ether oxygens (including phenoxy) is 1. The summed E-state index contributed by atoms with van der Waals surface area (Å²) < 4.78 is 67.3. The molecular weight excluding hydrogens is 1830 g/mol. The maximum atomic E-state index is 13.9. The van der Waals surface area contributed by atoms with Crippen LogP contribution in [-0.2, 0) is 79.1 Å². The van der Waals surface area contributed by atoms with Gasteiger partial charge in [-0.05, 0) is 131 Å². The molecule has 34 nitrogen and oxygen atoms in total. The molecular formula is C86H82Cl6F2N14O20S. The highest BCUT2D eigenvalue weighted by Gasteiger charge is 2.37. The number of carbonyl (C=O) groups excluding carboxylic acids is 6. The number of allylic oxidation sites excluding steroid dienone is 2. The number of hydrogen-bond acceptors (Lipinski definition) is 22. The van der Waals surface area contributed by atoms with Crippen molar-refractivity contribution in [3.05, 3.63) is 248 Å². The maximum Gasteiger partial charge on any atom is 0.328 e. The number of β-amino-alcohol motifs (C(OH)–C–C–N with tert-alkyl or cyclic N) is 3. The molecule has 0 saturated carbocycles. The van der Waals surface area contributed by atoms with Gasteiger partial charge in [0.15, 0.2) is 21.8 Å². The predicted octanol–water partition coefficient (Wildman–Crippen LogP) is 8.60. The van der Waals surface area contributed by atoms with Gasteiger partial charge in [-0.1, -0.05) is 119 Å². The Morgan fingerprint density at radius 1 is 0.651 bits per heavy atom. The van der Waals surface area contributed by atoms with Gasteiger partial charge in [-0.2, -0.15) is 15.5 Å². The number of aliphatic hydroxyl groups excluding tert-OH is 3. The van der Waals surface area contributed by atoms with Gasteiger partial charge >= 0.3 is 17.9 Å². The number of carbonyl (C=O) groups is 9. The fraction of sp³-hybridized carbons (Fsp3) is 0.291. The van der Waals surface area contributed by atoms with Crippen LogP contribution in [-0.4, -0.2) is 244 Å². The fourth-order valence-electron chi connectivity index (χ4n) is 14.2. The number of fused-ring (bicyclic) bond motifs is 4. The number of benzene rings is 6. The molecule has 7 atom stereocenters. The van der Waals surface area contributed by atoms with E-state index in [1.807, 2.05) is 0 Å². The lowest BCUT2D eigenvalue weighted by Crippen LogP contribution is -2.46. The minimum absolute atomic E-state index is 0.00859. The second kappa shape index (κ2) is 44.6. The number of aliphatic hydroxyl groups is 3. The molecule has 129 heavy (non-hydrogen) atoms. The number of aliphatic imine (C=N–C) groups is 2. The maximum absolute atomic E-state index is 13.9. The van der Waals surface area contributed by atoms with Gasteiger partial charge in [0.1, 0.15) is 47.8 Å². The molecule has 43 heteroatoms. The molecule has 2 saturated heterocycles. The van der Waals surface area contributed by atoms with Crippen LogP contribution in [0.25, 0.3) is 23.1 Å². The van der Waals surface area contributed by atoms with E-state index in [2.05, 4.69) is 37.8 Å². The Hall–Kier alpha value is -12.3. The van der Waals surface area contributed by atoms with E-state index >= 15 is 0 Å². The van der Waals surface area contributed by atoms with Gasteiger partial charge in [0.25, 0.3) is 29.5 Å². The standard InChI is InChI=1S/C29H24Cl2F2N2O6S.C28H26Cl2N6O7.C22H21Cl2N3O5.C7H11N3O2/c1-42(40,41)18-5-2-4-16(12-18)13-24(29(38)39)34-28(37)26-21(30)14-17-15-35(11-10-19(17)27(26)31)25(36)9-8-20-22(32)6-3-7-23(20)33;29-18-7-16-10-35(26(40)15-2-1-14-4-6-43-22(14)8-15)5-3-17(16)24(30)23(18)25(39)34-19(27(41)42)9-32-28(33-13-31)36-11-20(37)21(38)12-36;1-2-3-4-12-7-17(32-11-12)21(29)27-6-5-14-13(10-27)8-15(23)18(19(14)24)20(28)26-16(9-25)22(30)31;1-12-7-3-10(2-6(7)11)5-9-4-8/h2-9,12,14,24H,10-11,13,15H2,1H3,(H,34,37)(H,38,39);1-2,4,6-8,19-21,37-38H,3,5,9-12H2,(H,32,33)(H,34,39)(H,41,42);2-4,7-8,11,16H,1,5-6,9-10,25H2,(H,26,28)(H,30,31);5-7,11H,2-3H2,1H3/b9-8+;;4-3-;/t24-;19-,20+,21+;16-;6-,7-/m0001/s1. The Balaban J connectivity index is 0.000000190. The van der Waals surface area contributed by atoms with E-state index in [-0.39, 0.29) is 146 Å². The highest BCUT2D eigenvalue weighted by Crippen LogP contribution is 2.39. The van der Waals surface area contributed by atoms with Crippen molar-refractivity contribution in [3.8, 4) is 12.4 Å². The monoisotopic (exact) mass is 1910 g/mol. The molecule has 5 aliphatic rings. The number of carboxylic acid groups (broad SMARTS) is 3. The first-order valence-corrected chi connectivity index (χ1v) is 43.1. The quantitative estimate of drug-likeness (QED) is 0.00712. The van der Waals surface area contributed by atoms with Gasteiger partial charge in [-0.3, -0.25) is 34.1 Å². The van der Waals surface area contributed by atoms with Crippen molar-refractivity contribution in [1.82, 2.24) is 45.8 Å². The van der Waals surface area contributed by atoms with Crippen LogP contribution in [0.4, 0.5) is 8.78 Å². The Morgan fingerprint density at radius 3 is 1.69 bits per heavy atom. The molecule has 6 aromatic carbocycles. The predicted molar refractivity (Wildman–Crippen MR) is 471 cm³/mol. The summed E-state index contributed by atoms with van der Waals surface area (Å²) >= 11 is 38.8. The van der Waals surface area contributed by atoms with Crippen LogP contribution in [0, 0.1) is 34.5 Å². The number of methoxy groups -OCH3 is 1. The number of aliphatic carboxylic acids is 3. The van der Waals surface area contributed by atoms with Crippen LogP contribution in [0.5, 0.6) is 0 Å². The average Bonchev–Trinajstić information content (AvgIpc) is 1.65. The van der Waals surface area contributed by atoms with Crippen molar-refractivity contribution in [3.63, 3.8) is 0 Å². The number of hydrogen-bond donors (Lipinski definition) is 11. The Kier molecular flexibility index (Phi) is 34.2. The van der Waals surface area contributed by atoms with Crippen molar-refractivity contribution in [1.29, 1.82) is 10.5 Å². The Morgan fingerprint density at radius 2 is 1.18 bits per heavy atom. The molecule has 5 aliphatic heterocycles. The first-order valence-electron chi connectivity index (χ1n) is 39.0. The van der Waals surface area contributed by atoms with E-state index in [0.29, 0.717) is 89.1 Å². The number of amides is 6. The summed E-state index contributed by atoms with van der Waals surface area (Å²) in [6.45, 7) is 5.21. The number of guanidine groups is 1. The first-order chi connectivity index (χ1) is 61.4. The number of rotatable bonds is 23. The molecule has 6 amide bonds. The molecule has 0 spiro atoms. The number of halogens is 8. The summed E-state index contributed by atoms with van der Waals surface area (Å²) in [5.41, 5.74) is 10.7. The van der Waals surface area contributed by atoms with Crippen LogP contribution < -0.4 is 27.0 Å². The number of nitriles is 2. The number of likely N-dealkylation sites (tertiary alicyclic amines) is 2. The third-order valence-corrected chi connectivity index (χ3v) is 24.2. The lowest BCUT2D eigenvalue weighted by Gasteiger charge is -2.30. The topological polar surface area (TPSA) is 507 Å². The number of furan rings is 2. The Bertz CT molecular complexity index is 5990. The molecule has 0 aliphatic carbocycles. The van der Waals surface area contributed by atoms with Crippen LogP contribution in [0.1, 0.15) is 102 Å². The summed E-state index contributed by atoms with van der Waals surface area (Å²) in [6.07, 6.45) is 14.0.